The molecule has 0 bridgehead atoms. The molecule has 7 nitrogen and oxygen atoms in total. The Labute approximate surface area is 130 Å². The van der Waals surface area contributed by atoms with Crippen LogP contribution < -0.4 is 10.1 Å². The molecule has 0 saturated carbocycles. The van der Waals surface area contributed by atoms with Gasteiger partial charge in [0.1, 0.15) is 17.1 Å². The Morgan fingerprint density at radius 3 is 2.81 bits per heavy atom. The fourth-order valence-corrected chi connectivity index (χ4v) is 1.90. The van der Waals surface area contributed by atoms with E-state index in [1.165, 1.54) is 12.4 Å². The van der Waals surface area contributed by atoms with Crippen molar-refractivity contribution in [2.45, 2.75) is 6.92 Å². The van der Waals surface area contributed by atoms with Gasteiger partial charge in [-0.3, -0.25) is 10.1 Å². The zero-order valence-electron chi connectivity index (χ0n) is 10.8. The summed E-state index contributed by atoms with van der Waals surface area (Å²) in [5.74, 6) is 0.0363. The van der Waals surface area contributed by atoms with Gasteiger partial charge in [-0.1, -0.05) is 29.3 Å². The van der Waals surface area contributed by atoms with Gasteiger partial charge in [0, 0.05) is 6.54 Å². The van der Waals surface area contributed by atoms with Crippen LogP contribution in [0.4, 0.5) is 11.5 Å². The van der Waals surface area contributed by atoms with Crippen LogP contribution in [0, 0.1) is 10.1 Å². The van der Waals surface area contributed by atoms with Gasteiger partial charge in [-0.25, -0.2) is 4.98 Å². The first-order valence-corrected chi connectivity index (χ1v) is 6.65. The zero-order valence-corrected chi connectivity index (χ0v) is 12.4. The molecule has 0 atom stereocenters. The summed E-state index contributed by atoms with van der Waals surface area (Å²) in [5.41, 5.74) is -0.365. The quantitative estimate of drug-likeness (QED) is 0.660. The lowest BCUT2D eigenvalue weighted by Crippen LogP contribution is -2.06. The zero-order chi connectivity index (χ0) is 15.4. The average Bonchev–Trinajstić information content (AvgIpc) is 2.44. The van der Waals surface area contributed by atoms with Gasteiger partial charge in [0.05, 0.1) is 9.95 Å². The highest BCUT2D eigenvalue weighted by Crippen LogP contribution is 2.38. The number of anilines is 1. The van der Waals surface area contributed by atoms with E-state index in [9.17, 15) is 10.1 Å². The Kier molecular flexibility index (Phi) is 4.77. The topological polar surface area (TPSA) is 90.2 Å². The minimum absolute atomic E-state index is 0.0747. The van der Waals surface area contributed by atoms with Gasteiger partial charge in [-0.05, 0) is 19.1 Å². The number of nitrogens with zero attached hydrogens (tertiary/aromatic N) is 3. The fraction of sp³-hybridized carbons (Fsp3) is 0.167. The van der Waals surface area contributed by atoms with E-state index in [4.69, 9.17) is 27.9 Å². The first kappa shape index (κ1) is 15.3. The van der Waals surface area contributed by atoms with Crippen molar-refractivity contribution < 1.29 is 9.66 Å². The van der Waals surface area contributed by atoms with Crippen LogP contribution in [0.5, 0.6) is 11.6 Å². The molecule has 110 valence electrons. The summed E-state index contributed by atoms with van der Waals surface area (Å²) in [6.45, 7) is 2.26. The lowest BCUT2D eigenvalue weighted by molar-refractivity contribution is -0.385. The summed E-state index contributed by atoms with van der Waals surface area (Å²) < 4.78 is 5.42. The van der Waals surface area contributed by atoms with E-state index >= 15 is 0 Å². The van der Waals surface area contributed by atoms with Gasteiger partial charge >= 0.3 is 11.6 Å². The van der Waals surface area contributed by atoms with Crippen molar-refractivity contribution in [1.82, 2.24) is 9.97 Å². The second kappa shape index (κ2) is 6.55. The number of ether oxygens (including phenoxy) is 1. The lowest BCUT2D eigenvalue weighted by atomic mass is 10.3. The van der Waals surface area contributed by atoms with Crippen molar-refractivity contribution in [3.8, 4) is 11.6 Å². The third-order valence-corrected chi connectivity index (χ3v) is 3.24. The van der Waals surface area contributed by atoms with E-state index in [2.05, 4.69) is 15.3 Å². The van der Waals surface area contributed by atoms with E-state index < -0.39 is 4.92 Å². The Bertz CT molecular complexity index is 682. The highest BCUT2D eigenvalue weighted by Gasteiger charge is 2.25. The third kappa shape index (κ3) is 3.32. The third-order valence-electron chi connectivity index (χ3n) is 2.44. The van der Waals surface area contributed by atoms with E-state index in [1.807, 2.05) is 0 Å². The van der Waals surface area contributed by atoms with E-state index in [1.54, 1.807) is 19.1 Å². The summed E-state index contributed by atoms with van der Waals surface area (Å²) >= 11 is 11.9. The van der Waals surface area contributed by atoms with Crippen molar-refractivity contribution in [3.05, 3.63) is 44.7 Å². The maximum atomic E-state index is 11.2. The van der Waals surface area contributed by atoms with E-state index in [0.29, 0.717) is 6.54 Å². The van der Waals surface area contributed by atoms with Gasteiger partial charge in [0.15, 0.2) is 0 Å². The first-order valence-electron chi connectivity index (χ1n) is 5.89. The van der Waals surface area contributed by atoms with Crippen LogP contribution in [0.2, 0.25) is 10.0 Å². The smallest absolute Gasteiger partial charge is 0.373 e. The summed E-state index contributed by atoms with van der Waals surface area (Å²) in [6.07, 6.45) is 1.17. The molecule has 1 heterocycles. The SMILES string of the molecule is CCNc1ncnc(Oc2cccc(Cl)c2Cl)c1[N+](=O)[O-]. The number of rotatable bonds is 5. The Morgan fingerprint density at radius 1 is 1.38 bits per heavy atom. The van der Waals surface area contributed by atoms with Crippen molar-refractivity contribution in [3.63, 3.8) is 0 Å². The number of nitrogens with one attached hydrogen (secondary N) is 1. The maximum Gasteiger partial charge on any atom is 0.373 e. The van der Waals surface area contributed by atoms with Crippen LogP contribution >= 0.6 is 23.2 Å². The first-order chi connectivity index (χ1) is 10.0. The molecule has 0 amide bonds. The molecule has 0 spiro atoms. The number of aromatic nitrogens is 2. The molecule has 0 radical (unpaired) electrons. The molecule has 1 aromatic carbocycles. The Morgan fingerprint density at radius 2 is 2.14 bits per heavy atom. The highest BCUT2D eigenvalue weighted by molar-refractivity contribution is 6.42. The van der Waals surface area contributed by atoms with Crippen molar-refractivity contribution in [2.24, 2.45) is 0 Å². The summed E-state index contributed by atoms with van der Waals surface area (Å²) in [4.78, 5) is 18.2. The Balaban J connectivity index is 2.46. The van der Waals surface area contributed by atoms with Gasteiger partial charge in [0.2, 0.25) is 5.82 Å². The molecule has 2 aromatic rings. The fourth-order valence-electron chi connectivity index (χ4n) is 1.57. The molecule has 9 heteroatoms. The molecule has 1 aromatic heterocycles. The lowest BCUT2D eigenvalue weighted by Gasteiger charge is -2.09. The van der Waals surface area contributed by atoms with Crippen LogP contribution in [-0.2, 0) is 0 Å². The van der Waals surface area contributed by atoms with Crippen LogP contribution in [0.3, 0.4) is 0 Å². The molecule has 1 N–H and O–H groups in total. The number of benzene rings is 1. The molecular formula is C12H10Cl2N4O3. The van der Waals surface area contributed by atoms with Gasteiger partial charge in [-0.2, -0.15) is 4.98 Å². The minimum Gasteiger partial charge on any atom is -0.432 e. The number of nitro groups is 1. The molecule has 21 heavy (non-hydrogen) atoms. The largest absolute Gasteiger partial charge is 0.432 e. The number of halogens is 2. The second-order valence-corrected chi connectivity index (χ2v) is 4.60. The van der Waals surface area contributed by atoms with Crippen LogP contribution in [0.15, 0.2) is 24.5 Å². The minimum atomic E-state index is -0.619. The van der Waals surface area contributed by atoms with Crippen LogP contribution in [0.1, 0.15) is 6.92 Å². The second-order valence-electron chi connectivity index (χ2n) is 3.82. The molecule has 0 saturated heterocycles. The number of hydrogen-bond donors (Lipinski definition) is 1. The molecule has 0 fully saturated rings. The van der Waals surface area contributed by atoms with Gasteiger partial charge in [-0.15, -0.1) is 0 Å². The monoisotopic (exact) mass is 328 g/mol. The molecular weight excluding hydrogens is 319 g/mol. The standard InChI is InChI=1S/C12H10Cl2N4O3/c1-2-15-11-10(18(19)20)12(17-6-16-11)21-8-5-3-4-7(13)9(8)14/h3-6H,2H2,1H3,(H,15,16,17). The van der Waals surface area contributed by atoms with Crippen LogP contribution in [0.25, 0.3) is 0 Å². The number of hydrogen-bond acceptors (Lipinski definition) is 6. The van der Waals surface area contributed by atoms with Gasteiger partial charge in [0.25, 0.3) is 0 Å². The summed E-state index contributed by atoms with van der Waals surface area (Å²) in [6, 6.07) is 4.73. The van der Waals surface area contributed by atoms with Crippen LogP contribution in [-0.4, -0.2) is 21.4 Å². The predicted molar refractivity (Wildman–Crippen MR) is 79.4 cm³/mol. The summed E-state index contributed by atoms with van der Waals surface area (Å²) in [7, 11) is 0. The highest BCUT2D eigenvalue weighted by atomic mass is 35.5. The maximum absolute atomic E-state index is 11.2. The van der Waals surface area contributed by atoms with Crippen molar-refractivity contribution in [2.75, 3.05) is 11.9 Å². The molecule has 0 aliphatic carbocycles. The van der Waals surface area contributed by atoms with E-state index in [-0.39, 0.29) is 33.2 Å². The predicted octanol–water partition coefficient (Wildman–Crippen LogP) is 3.92. The molecule has 0 aliphatic rings. The molecule has 0 aliphatic heterocycles. The Hall–Kier alpha value is -2.12. The normalized spacial score (nSPS) is 10.2. The average molecular weight is 329 g/mol. The molecule has 0 unspecified atom stereocenters. The summed E-state index contributed by atoms with van der Waals surface area (Å²) in [5, 5.41) is 14.4. The van der Waals surface area contributed by atoms with Crippen molar-refractivity contribution in [1.29, 1.82) is 0 Å². The van der Waals surface area contributed by atoms with Gasteiger partial charge < -0.3 is 10.1 Å². The van der Waals surface area contributed by atoms with Crippen molar-refractivity contribution >= 4 is 34.7 Å². The molecule has 2 rings (SSSR count). The van der Waals surface area contributed by atoms with E-state index in [0.717, 1.165) is 0 Å².